The molecule has 0 bridgehead atoms. The molecular formula is C15H29NO. The van der Waals surface area contributed by atoms with Gasteiger partial charge in [0.25, 0.3) is 0 Å². The molecule has 2 aliphatic carbocycles. The zero-order chi connectivity index (χ0) is 12.7. The molecule has 0 aromatic heterocycles. The molecule has 0 radical (unpaired) electrons. The van der Waals surface area contributed by atoms with E-state index in [4.69, 9.17) is 5.73 Å². The maximum atomic E-state index is 11.0. The van der Waals surface area contributed by atoms with Gasteiger partial charge in [0.1, 0.15) is 0 Å². The monoisotopic (exact) mass is 239 g/mol. The standard InChI is InChI=1S/C15H29NO/c1-12-5-4-6-14(16,11-12)15(17)9-7-13(2,3)8-10-15/h12,17H,4-11,16H2,1-3H3. The molecule has 0 saturated heterocycles. The van der Waals surface area contributed by atoms with E-state index in [1.807, 2.05) is 0 Å². The van der Waals surface area contributed by atoms with Crippen LogP contribution in [0.4, 0.5) is 0 Å². The summed E-state index contributed by atoms with van der Waals surface area (Å²) in [6, 6.07) is 0. The van der Waals surface area contributed by atoms with Crippen molar-refractivity contribution >= 4 is 0 Å². The van der Waals surface area contributed by atoms with Gasteiger partial charge >= 0.3 is 0 Å². The Labute approximate surface area is 106 Å². The molecule has 2 nitrogen and oxygen atoms in total. The van der Waals surface area contributed by atoms with E-state index in [1.54, 1.807) is 0 Å². The van der Waals surface area contributed by atoms with Crippen LogP contribution in [0.5, 0.6) is 0 Å². The van der Waals surface area contributed by atoms with Gasteiger partial charge in [0, 0.05) is 5.54 Å². The fourth-order valence-electron chi connectivity index (χ4n) is 3.85. The van der Waals surface area contributed by atoms with Crippen molar-refractivity contribution in [1.29, 1.82) is 0 Å². The molecule has 0 spiro atoms. The molecule has 100 valence electrons. The van der Waals surface area contributed by atoms with Crippen molar-refractivity contribution < 1.29 is 5.11 Å². The molecule has 17 heavy (non-hydrogen) atoms. The van der Waals surface area contributed by atoms with Gasteiger partial charge in [0.2, 0.25) is 0 Å². The van der Waals surface area contributed by atoms with E-state index in [0.717, 1.165) is 38.5 Å². The quantitative estimate of drug-likeness (QED) is 0.738. The van der Waals surface area contributed by atoms with Crippen LogP contribution in [0, 0.1) is 11.3 Å². The van der Waals surface area contributed by atoms with Gasteiger partial charge in [0.05, 0.1) is 5.60 Å². The molecule has 2 rings (SSSR count). The van der Waals surface area contributed by atoms with Crippen molar-refractivity contribution in [2.75, 3.05) is 0 Å². The van der Waals surface area contributed by atoms with E-state index in [0.29, 0.717) is 11.3 Å². The van der Waals surface area contributed by atoms with Crippen molar-refractivity contribution in [2.24, 2.45) is 17.1 Å². The molecule has 0 aromatic carbocycles. The van der Waals surface area contributed by atoms with E-state index in [-0.39, 0.29) is 5.54 Å². The van der Waals surface area contributed by atoms with E-state index in [1.165, 1.54) is 12.8 Å². The lowest BCUT2D eigenvalue weighted by molar-refractivity contribution is -0.101. The molecule has 0 amide bonds. The predicted molar refractivity (Wildman–Crippen MR) is 71.7 cm³/mol. The van der Waals surface area contributed by atoms with Crippen LogP contribution < -0.4 is 5.73 Å². The third kappa shape index (κ3) is 2.53. The van der Waals surface area contributed by atoms with Crippen LogP contribution in [0.2, 0.25) is 0 Å². The second-order valence-corrected chi connectivity index (χ2v) is 7.55. The molecule has 2 atom stereocenters. The highest BCUT2D eigenvalue weighted by atomic mass is 16.3. The molecule has 2 aliphatic rings. The van der Waals surface area contributed by atoms with E-state index < -0.39 is 5.60 Å². The maximum Gasteiger partial charge on any atom is 0.0826 e. The van der Waals surface area contributed by atoms with Crippen molar-refractivity contribution in [3.63, 3.8) is 0 Å². The second kappa shape index (κ2) is 4.24. The summed E-state index contributed by atoms with van der Waals surface area (Å²) < 4.78 is 0. The van der Waals surface area contributed by atoms with Crippen molar-refractivity contribution in [3.05, 3.63) is 0 Å². The Bertz CT molecular complexity index is 277. The van der Waals surface area contributed by atoms with E-state index in [2.05, 4.69) is 20.8 Å². The minimum Gasteiger partial charge on any atom is -0.388 e. The van der Waals surface area contributed by atoms with Crippen LogP contribution in [0.25, 0.3) is 0 Å². The highest BCUT2D eigenvalue weighted by Crippen LogP contribution is 2.48. The number of hydrogen-bond donors (Lipinski definition) is 2. The lowest BCUT2D eigenvalue weighted by Gasteiger charge is -2.53. The van der Waals surface area contributed by atoms with Gasteiger partial charge in [-0.05, 0) is 49.9 Å². The van der Waals surface area contributed by atoms with Crippen molar-refractivity contribution in [2.45, 2.75) is 83.3 Å². The second-order valence-electron chi connectivity index (χ2n) is 7.55. The van der Waals surface area contributed by atoms with Gasteiger partial charge in [-0.2, -0.15) is 0 Å². The maximum absolute atomic E-state index is 11.0. The average Bonchev–Trinajstić information content (AvgIpc) is 2.22. The summed E-state index contributed by atoms with van der Waals surface area (Å²) in [5.74, 6) is 0.674. The first-order valence-electron chi connectivity index (χ1n) is 7.28. The molecule has 2 heteroatoms. The molecule has 2 unspecified atom stereocenters. The van der Waals surface area contributed by atoms with Gasteiger partial charge in [0.15, 0.2) is 0 Å². The predicted octanol–water partition coefficient (Wildman–Crippen LogP) is 3.23. The van der Waals surface area contributed by atoms with Crippen LogP contribution in [-0.2, 0) is 0 Å². The summed E-state index contributed by atoms with van der Waals surface area (Å²) in [5, 5.41) is 11.0. The molecular weight excluding hydrogens is 210 g/mol. The molecule has 2 fully saturated rings. The van der Waals surface area contributed by atoms with Gasteiger partial charge in [-0.25, -0.2) is 0 Å². The highest BCUT2D eigenvalue weighted by Gasteiger charge is 2.51. The van der Waals surface area contributed by atoms with Gasteiger partial charge < -0.3 is 10.8 Å². The zero-order valence-corrected chi connectivity index (χ0v) is 11.8. The minimum absolute atomic E-state index is 0.318. The zero-order valence-electron chi connectivity index (χ0n) is 11.8. The molecule has 2 saturated carbocycles. The minimum atomic E-state index is -0.600. The summed E-state index contributed by atoms with van der Waals surface area (Å²) in [6.45, 7) is 6.88. The Morgan fingerprint density at radius 3 is 2.18 bits per heavy atom. The van der Waals surface area contributed by atoms with Crippen LogP contribution in [0.1, 0.15) is 72.1 Å². The summed E-state index contributed by atoms with van der Waals surface area (Å²) in [7, 11) is 0. The normalized spacial score (nSPS) is 41.1. The third-order valence-electron chi connectivity index (χ3n) is 5.39. The first-order valence-corrected chi connectivity index (χ1v) is 7.28. The third-order valence-corrected chi connectivity index (χ3v) is 5.39. The van der Waals surface area contributed by atoms with Crippen LogP contribution in [0.3, 0.4) is 0 Å². The van der Waals surface area contributed by atoms with Crippen LogP contribution in [0.15, 0.2) is 0 Å². The van der Waals surface area contributed by atoms with E-state index in [9.17, 15) is 5.11 Å². The lowest BCUT2D eigenvalue weighted by atomic mass is 9.59. The fraction of sp³-hybridized carbons (Fsp3) is 1.00. The largest absolute Gasteiger partial charge is 0.388 e. The Morgan fingerprint density at radius 2 is 1.65 bits per heavy atom. The number of nitrogens with two attached hydrogens (primary N) is 1. The van der Waals surface area contributed by atoms with Crippen molar-refractivity contribution in [3.8, 4) is 0 Å². The molecule has 0 aliphatic heterocycles. The highest BCUT2D eigenvalue weighted by molar-refractivity contribution is 5.08. The van der Waals surface area contributed by atoms with E-state index >= 15 is 0 Å². The smallest absolute Gasteiger partial charge is 0.0826 e. The van der Waals surface area contributed by atoms with Crippen LogP contribution >= 0.6 is 0 Å². The number of rotatable bonds is 1. The molecule has 3 N–H and O–H groups in total. The Balaban J connectivity index is 2.10. The number of aliphatic hydroxyl groups is 1. The summed E-state index contributed by atoms with van der Waals surface area (Å²) in [5.41, 5.74) is 6.07. The molecule has 0 aromatic rings. The SMILES string of the molecule is CC1CCCC(N)(C2(O)CCC(C)(C)CC2)C1. The Kier molecular flexibility index (Phi) is 3.33. The summed E-state index contributed by atoms with van der Waals surface area (Å²) in [4.78, 5) is 0. The molecule has 0 heterocycles. The van der Waals surface area contributed by atoms with Crippen LogP contribution in [-0.4, -0.2) is 16.2 Å². The topological polar surface area (TPSA) is 46.2 Å². The first kappa shape index (κ1) is 13.4. The first-order chi connectivity index (χ1) is 7.77. The Morgan fingerprint density at radius 1 is 1.06 bits per heavy atom. The summed E-state index contributed by atoms with van der Waals surface area (Å²) in [6.07, 6.45) is 8.47. The Hall–Kier alpha value is -0.0800. The van der Waals surface area contributed by atoms with Gasteiger partial charge in [-0.15, -0.1) is 0 Å². The summed E-state index contributed by atoms with van der Waals surface area (Å²) >= 11 is 0. The lowest BCUT2D eigenvalue weighted by Crippen LogP contribution is -2.63. The fourth-order valence-corrected chi connectivity index (χ4v) is 3.85. The number of hydrogen-bond acceptors (Lipinski definition) is 2. The average molecular weight is 239 g/mol. The van der Waals surface area contributed by atoms with Gasteiger partial charge in [-0.1, -0.05) is 33.6 Å². The van der Waals surface area contributed by atoms with Crippen molar-refractivity contribution in [1.82, 2.24) is 0 Å². The van der Waals surface area contributed by atoms with Gasteiger partial charge in [-0.3, -0.25) is 0 Å².